The lowest BCUT2D eigenvalue weighted by molar-refractivity contribution is 0.479. The number of aliphatic imine (C=N–C) groups is 4. The Morgan fingerprint density at radius 3 is 2.19 bits per heavy atom. The number of hydrogen-bond donors (Lipinski definition) is 0. The number of rotatable bonds is 9. The number of nitrogens with zero attached hydrogens (tertiary/aromatic N) is 4. The van der Waals surface area contributed by atoms with Crippen molar-refractivity contribution >= 4 is 30.4 Å². The topological polar surface area (TPSA) is 58.7 Å². The van der Waals surface area contributed by atoms with Gasteiger partial charge < -0.3 is 4.74 Å². The highest BCUT2D eigenvalue weighted by Crippen LogP contribution is 2.37. The van der Waals surface area contributed by atoms with Gasteiger partial charge in [-0.1, -0.05) is 42.5 Å². The summed E-state index contributed by atoms with van der Waals surface area (Å²) < 4.78 is 6.75. The van der Waals surface area contributed by atoms with Gasteiger partial charge in [0, 0.05) is 66.9 Å². The Morgan fingerprint density at radius 2 is 1.47 bits per heavy atom. The molecule has 216 valence electrons. The predicted molar refractivity (Wildman–Crippen MR) is 183 cm³/mol. The van der Waals surface area contributed by atoms with Gasteiger partial charge in [-0.3, -0.25) is 20.0 Å². The zero-order chi connectivity index (χ0) is 30.0. The third-order valence-corrected chi connectivity index (χ3v) is 7.69. The minimum absolute atomic E-state index is 0.369. The first-order valence-electron chi connectivity index (χ1n) is 14.7. The lowest BCUT2D eigenvalue weighted by atomic mass is 9.81. The Hall–Kier alpha value is -4.90. The van der Waals surface area contributed by atoms with E-state index in [1.807, 2.05) is 74.7 Å². The molecule has 3 aliphatic rings. The fourth-order valence-corrected chi connectivity index (χ4v) is 5.17. The molecule has 3 aliphatic heterocycles. The first kappa shape index (κ1) is 29.6. The molecule has 5 heteroatoms. The second kappa shape index (κ2) is 13.8. The summed E-state index contributed by atoms with van der Waals surface area (Å²) in [5.74, 6) is 1.57. The second-order valence-corrected chi connectivity index (χ2v) is 11.1. The Bertz CT molecular complexity index is 1620. The van der Waals surface area contributed by atoms with E-state index in [0.717, 1.165) is 47.5 Å². The van der Waals surface area contributed by atoms with Crippen LogP contribution in [0.25, 0.3) is 5.57 Å². The van der Waals surface area contributed by atoms with Crippen LogP contribution in [0.4, 0.5) is 0 Å². The van der Waals surface area contributed by atoms with Crippen LogP contribution in [0.1, 0.15) is 55.9 Å². The average molecular weight is 567 g/mol. The summed E-state index contributed by atoms with van der Waals surface area (Å²) in [6.07, 6.45) is 36.1. The molecule has 2 atom stereocenters. The summed E-state index contributed by atoms with van der Waals surface area (Å²) in [5, 5.41) is 0. The monoisotopic (exact) mass is 566 g/mol. The fraction of sp³-hybridized carbons (Fsp3) is 0.211. The van der Waals surface area contributed by atoms with Gasteiger partial charge in [0.25, 0.3) is 0 Å². The van der Waals surface area contributed by atoms with Crippen molar-refractivity contribution in [1.82, 2.24) is 0 Å². The van der Waals surface area contributed by atoms with Gasteiger partial charge >= 0.3 is 0 Å². The summed E-state index contributed by atoms with van der Waals surface area (Å²) in [4.78, 5) is 17.6. The van der Waals surface area contributed by atoms with E-state index in [-0.39, 0.29) is 5.41 Å². The molecule has 0 N–H and O–H groups in total. The first-order chi connectivity index (χ1) is 21.0. The number of hydrogen-bond acceptors (Lipinski definition) is 5. The SMILES string of the molecule is C/C=N\C=C/CCc1cc(Oc2cc(C3=CC=CN=CC3)cc(C3(C)C=CC=CN=C3)c2)cc(C2(C)C=CC=CN=C2)c1. The van der Waals surface area contributed by atoms with Gasteiger partial charge in [0.1, 0.15) is 11.5 Å². The number of allylic oxidation sites excluding steroid dienone is 10. The van der Waals surface area contributed by atoms with Gasteiger partial charge in [-0.25, -0.2) is 0 Å². The molecule has 5 rings (SSSR count). The molecule has 0 saturated carbocycles. The maximum absolute atomic E-state index is 6.75. The molecule has 2 aromatic carbocycles. The molecule has 0 spiro atoms. The normalized spacial score (nSPS) is 22.7. The molecule has 2 unspecified atom stereocenters. The van der Waals surface area contributed by atoms with E-state index in [2.05, 4.69) is 101 Å². The van der Waals surface area contributed by atoms with E-state index >= 15 is 0 Å². The average Bonchev–Trinajstić information content (AvgIpc) is 3.51. The molecule has 0 fully saturated rings. The molecular formula is C38H38N4O. The van der Waals surface area contributed by atoms with Gasteiger partial charge in [0.15, 0.2) is 0 Å². The van der Waals surface area contributed by atoms with Crippen LogP contribution in [-0.2, 0) is 17.3 Å². The third-order valence-electron chi connectivity index (χ3n) is 7.69. The largest absolute Gasteiger partial charge is 0.457 e. The highest BCUT2D eigenvalue weighted by molar-refractivity contribution is 5.84. The van der Waals surface area contributed by atoms with Crippen molar-refractivity contribution in [2.45, 2.75) is 50.9 Å². The second-order valence-electron chi connectivity index (χ2n) is 11.1. The van der Waals surface area contributed by atoms with Crippen LogP contribution < -0.4 is 4.74 Å². The van der Waals surface area contributed by atoms with Crippen LogP contribution in [0.3, 0.4) is 0 Å². The van der Waals surface area contributed by atoms with Gasteiger partial charge in [-0.2, -0.15) is 0 Å². The van der Waals surface area contributed by atoms with E-state index in [1.165, 1.54) is 11.1 Å². The highest BCUT2D eigenvalue weighted by Gasteiger charge is 2.25. The Kier molecular flexibility index (Phi) is 9.52. The first-order valence-corrected chi connectivity index (χ1v) is 14.7. The van der Waals surface area contributed by atoms with E-state index < -0.39 is 5.41 Å². The van der Waals surface area contributed by atoms with Crippen molar-refractivity contribution in [1.29, 1.82) is 0 Å². The lowest BCUT2D eigenvalue weighted by Gasteiger charge is -2.25. The summed E-state index contributed by atoms with van der Waals surface area (Å²) in [6, 6.07) is 13.0. The molecule has 0 bridgehead atoms. The summed E-state index contributed by atoms with van der Waals surface area (Å²) in [6.45, 7) is 6.27. The predicted octanol–water partition coefficient (Wildman–Crippen LogP) is 9.21. The molecule has 2 aromatic rings. The standard InChI is InChI=1S/C38H38N4O/c1-4-39-17-8-5-12-30-22-33(37(2)15-6-9-18-41-28-37)26-35(23-30)43-36-25-32(31-13-11-20-40-21-14-31)24-34(27-36)38(3)16-7-10-19-42-29-38/h4,6-11,13,15-29H,5,12,14H2,1-3H3/b17-8-,39-4-. The molecule has 0 aliphatic carbocycles. The molecule has 0 aromatic heterocycles. The van der Waals surface area contributed by atoms with E-state index in [1.54, 1.807) is 6.21 Å². The van der Waals surface area contributed by atoms with Crippen LogP contribution in [-0.4, -0.2) is 24.9 Å². The molecule has 0 radical (unpaired) electrons. The third kappa shape index (κ3) is 7.69. The Balaban J connectivity index is 1.57. The van der Waals surface area contributed by atoms with Crippen molar-refractivity contribution in [3.8, 4) is 11.5 Å². The van der Waals surface area contributed by atoms with Crippen LogP contribution in [0.5, 0.6) is 11.5 Å². The summed E-state index contributed by atoms with van der Waals surface area (Å²) in [5.41, 5.74) is 4.93. The molecule has 3 heterocycles. The molecule has 0 saturated heterocycles. The molecular weight excluding hydrogens is 528 g/mol. The zero-order valence-corrected chi connectivity index (χ0v) is 25.1. The maximum atomic E-state index is 6.75. The summed E-state index contributed by atoms with van der Waals surface area (Å²) in [7, 11) is 0. The van der Waals surface area contributed by atoms with Gasteiger partial charge in [-0.15, -0.1) is 0 Å². The Morgan fingerprint density at radius 1 is 0.791 bits per heavy atom. The van der Waals surface area contributed by atoms with Crippen molar-refractivity contribution in [3.05, 3.63) is 138 Å². The van der Waals surface area contributed by atoms with Crippen LogP contribution in [0.2, 0.25) is 0 Å². The van der Waals surface area contributed by atoms with E-state index in [9.17, 15) is 0 Å². The zero-order valence-electron chi connectivity index (χ0n) is 25.1. The number of benzene rings is 2. The van der Waals surface area contributed by atoms with Crippen LogP contribution in [0.15, 0.2) is 136 Å². The van der Waals surface area contributed by atoms with Crippen LogP contribution >= 0.6 is 0 Å². The molecule has 5 nitrogen and oxygen atoms in total. The van der Waals surface area contributed by atoms with Crippen LogP contribution in [0, 0.1) is 0 Å². The minimum Gasteiger partial charge on any atom is -0.457 e. The van der Waals surface area contributed by atoms with Crippen molar-refractivity contribution in [2.24, 2.45) is 20.0 Å². The quantitative estimate of drug-likeness (QED) is 0.279. The highest BCUT2D eigenvalue weighted by atomic mass is 16.5. The fourth-order valence-electron chi connectivity index (χ4n) is 5.17. The van der Waals surface area contributed by atoms with E-state index in [4.69, 9.17) is 4.74 Å². The van der Waals surface area contributed by atoms with Gasteiger partial charge in [-0.05, 0) is 110 Å². The van der Waals surface area contributed by atoms with Crippen molar-refractivity contribution in [2.75, 3.05) is 0 Å². The lowest BCUT2D eigenvalue weighted by Crippen LogP contribution is -2.21. The van der Waals surface area contributed by atoms with Crippen molar-refractivity contribution in [3.63, 3.8) is 0 Å². The van der Waals surface area contributed by atoms with Gasteiger partial charge in [0.2, 0.25) is 0 Å². The Labute approximate surface area is 255 Å². The maximum Gasteiger partial charge on any atom is 0.128 e. The number of ether oxygens (including phenoxy) is 1. The molecule has 43 heavy (non-hydrogen) atoms. The molecule has 0 amide bonds. The van der Waals surface area contributed by atoms with Crippen molar-refractivity contribution < 1.29 is 4.74 Å². The minimum atomic E-state index is -0.394. The number of aryl methyl sites for hydroxylation is 1. The van der Waals surface area contributed by atoms with Gasteiger partial charge in [0.05, 0.1) is 0 Å². The summed E-state index contributed by atoms with van der Waals surface area (Å²) >= 11 is 0. The smallest absolute Gasteiger partial charge is 0.128 e. The van der Waals surface area contributed by atoms with E-state index in [0.29, 0.717) is 0 Å².